The molecule has 0 spiro atoms. The number of carbonyl (C=O) groups excluding carboxylic acids is 1. The smallest absolute Gasteiger partial charge is 0.354 e. The maximum atomic E-state index is 11.6. The quantitative estimate of drug-likeness (QED) is 0.518. The van der Waals surface area contributed by atoms with Crippen molar-refractivity contribution in [2.24, 2.45) is 0 Å². The molecule has 1 N–H and O–H groups in total. The maximum Gasteiger partial charge on any atom is 0.354 e. The van der Waals surface area contributed by atoms with E-state index in [-0.39, 0.29) is 23.2 Å². The number of non-ortho nitro benzene ring substituents is 2. The number of benzene rings is 1. The lowest BCUT2D eigenvalue weighted by Crippen LogP contribution is -2.04. The van der Waals surface area contributed by atoms with E-state index >= 15 is 0 Å². The first-order valence-corrected chi connectivity index (χ1v) is 5.56. The minimum absolute atomic E-state index is 0.00504. The second kappa shape index (κ2) is 4.96. The van der Waals surface area contributed by atoms with E-state index in [0.717, 1.165) is 12.1 Å². The van der Waals surface area contributed by atoms with Crippen molar-refractivity contribution >= 4 is 28.2 Å². The number of hydrogen-bond acceptors (Lipinski definition) is 6. The Morgan fingerprint density at radius 3 is 2.50 bits per heavy atom. The van der Waals surface area contributed by atoms with Gasteiger partial charge in [0, 0.05) is 11.5 Å². The molecule has 0 unspecified atom stereocenters. The Balaban J connectivity index is 2.65. The number of aromatic nitrogens is 1. The highest BCUT2D eigenvalue weighted by molar-refractivity contribution is 5.98. The Morgan fingerprint density at radius 2 is 1.95 bits per heavy atom. The number of aromatic amines is 1. The van der Waals surface area contributed by atoms with Gasteiger partial charge < -0.3 is 9.72 Å². The molecule has 1 aromatic heterocycles. The standard InChI is InChI=1S/C11H9N3O6/c1-2-20-11(15)8-4-6-3-7(13(16)17)5-9(14(18)19)10(6)12-8/h3-5,12H,2H2,1H3. The van der Waals surface area contributed by atoms with Gasteiger partial charge in [-0.3, -0.25) is 20.2 Å². The minimum atomic E-state index is -0.749. The summed E-state index contributed by atoms with van der Waals surface area (Å²) in [6.45, 7) is 1.77. The first-order valence-electron chi connectivity index (χ1n) is 5.56. The summed E-state index contributed by atoms with van der Waals surface area (Å²) in [5, 5.41) is 21.9. The largest absolute Gasteiger partial charge is 0.461 e. The number of esters is 1. The van der Waals surface area contributed by atoms with Crippen LogP contribution in [0.4, 0.5) is 11.4 Å². The van der Waals surface area contributed by atoms with Gasteiger partial charge in [0.15, 0.2) is 0 Å². The Hall–Kier alpha value is -2.97. The van der Waals surface area contributed by atoms with Crippen molar-refractivity contribution in [3.05, 3.63) is 44.1 Å². The van der Waals surface area contributed by atoms with Gasteiger partial charge in [0.2, 0.25) is 0 Å². The van der Waals surface area contributed by atoms with Crippen LogP contribution in [0.1, 0.15) is 17.4 Å². The van der Waals surface area contributed by atoms with Gasteiger partial charge in [-0.2, -0.15) is 0 Å². The van der Waals surface area contributed by atoms with Crippen molar-refractivity contribution in [3.8, 4) is 0 Å². The third-order valence-corrected chi connectivity index (χ3v) is 2.60. The van der Waals surface area contributed by atoms with Gasteiger partial charge in [-0.15, -0.1) is 0 Å². The lowest BCUT2D eigenvalue weighted by Gasteiger charge is -1.97. The van der Waals surface area contributed by atoms with Crippen molar-refractivity contribution in [1.29, 1.82) is 0 Å². The minimum Gasteiger partial charge on any atom is -0.461 e. The number of nitrogens with zero attached hydrogens (tertiary/aromatic N) is 2. The first-order chi connectivity index (χ1) is 9.43. The summed E-state index contributed by atoms with van der Waals surface area (Å²) in [4.78, 5) is 34.3. The number of carbonyl (C=O) groups is 1. The van der Waals surface area contributed by atoms with Gasteiger partial charge in [0.1, 0.15) is 11.2 Å². The maximum absolute atomic E-state index is 11.6. The van der Waals surface area contributed by atoms with E-state index in [0.29, 0.717) is 0 Å². The summed E-state index contributed by atoms with van der Waals surface area (Å²) < 4.78 is 4.76. The monoisotopic (exact) mass is 279 g/mol. The van der Waals surface area contributed by atoms with Crippen LogP contribution in [-0.2, 0) is 4.74 Å². The molecule has 0 saturated heterocycles. The van der Waals surface area contributed by atoms with Crippen LogP contribution in [-0.4, -0.2) is 27.4 Å². The zero-order chi connectivity index (χ0) is 14.9. The average molecular weight is 279 g/mol. The van der Waals surface area contributed by atoms with Gasteiger partial charge in [0.05, 0.1) is 22.5 Å². The van der Waals surface area contributed by atoms with E-state index in [1.165, 1.54) is 6.07 Å². The van der Waals surface area contributed by atoms with Gasteiger partial charge in [-0.05, 0) is 13.0 Å². The third kappa shape index (κ3) is 2.28. The van der Waals surface area contributed by atoms with Crippen molar-refractivity contribution in [2.75, 3.05) is 6.61 Å². The zero-order valence-electron chi connectivity index (χ0n) is 10.3. The molecule has 104 valence electrons. The van der Waals surface area contributed by atoms with Crippen LogP contribution in [0, 0.1) is 20.2 Å². The van der Waals surface area contributed by atoms with Crippen LogP contribution in [0.5, 0.6) is 0 Å². The fourth-order valence-corrected chi connectivity index (χ4v) is 1.78. The van der Waals surface area contributed by atoms with E-state index in [9.17, 15) is 25.0 Å². The van der Waals surface area contributed by atoms with Crippen LogP contribution in [0.15, 0.2) is 18.2 Å². The van der Waals surface area contributed by atoms with Gasteiger partial charge in [-0.1, -0.05) is 0 Å². The van der Waals surface area contributed by atoms with Crippen molar-refractivity contribution in [1.82, 2.24) is 4.98 Å². The molecule has 2 rings (SSSR count). The predicted molar refractivity (Wildman–Crippen MR) is 67.6 cm³/mol. The SMILES string of the molecule is CCOC(=O)c1cc2cc([N+](=O)[O-])cc([N+](=O)[O-])c2[nH]1. The average Bonchev–Trinajstić information content (AvgIpc) is 2.81. The Morgan fingerprint density at radius 1 is 1.25 bits per heavy atom. The molecule has 0 aliphatic rings. The predicted octanol–water partition coefficient (Wildman–Crippen LogP) is 2.16. The number of fused-ring (bicyclic) bond motifs is 1. The van der Waals surface area contributed by atoms with Gasteiger partial charge in [0.25, 0.3) is 11.4 Å². The molecule has 0 bridgehead atoms. The summed E-state index contributed by atoms with van der Waals surface area (Å²) in [5.41, 5.74) is -0.836. The van der Waals surface area contributed by atoms with E-state index in [2.05, 4.69) is 4.98 Å². The van der Waals surface area contributed by atoms with Crippen LogP contribution in [0.25, 0.3) is 10.9 Å². The molecule has 0 fully saturated rings. The topological polar surface area (TPSA) is 128 Å². The molecule has 2 aromatic rings. The highest BCUT2D eigenvalue weighted by atomic mass is 16.6. The van der Waals surface area contributed by atoms with Crippen LogP contribution in [0.2, 0.25) is 0 Å². The molecule has 0 saturated carbocycles. The lowest BCUT2D eigenvalue weighted by atomic mass is 10.2. The summed E-state index contributed by atoms with van der Waals surface area (Å²) in [5.74, 6) is -0.680. The lowest BCUT2D eigenvalue weighted by molar-refractivity contribution is -0.393. The van der Waals surface area contributed by atoms with E-state index < -0.39 is 27.2 Å². The van der Waals surface area contributed by atoms with Gasteiger partial charge >= 0.3 is 5.97 Å². The summed E-state index contributed by atoms with van der Waals surface area (Å²) in [6, 6.07) is 3.28. The third-order valence-electron chi connectivity index (χ3n) is 2.60. The fourth-order valence-electron chi connectivity index (χ4n) is 1.78. The van der Waals surface area contributed by atoms with Crippen molar-refractivity contribution in [3.63, 3.8) is 0 Å². The van der Waals surface area contributed by atoms with E-state index in [1.807, 2.05) is 0 Å². The van der Waals surface area contributed by atoms with Crippen LogP contribution in [0.3, 0.4) is 0 Å². The molecule has 9 nitrogen and oxygen atoms in total. The van der Waals surface area contributed by atoms with E-state index in [4.69, 9.17) is 4.74 Å². The Kier molecular flexibility index (Phi) is 3.34. The van der Waals surface area contributed by atoms with Gasteiger partial charge in [-0.25, -0.2) is 4.79 Å². The van der Waals surface area contributed by atoms with Crippen molar-refractivity contribution < 1.29 is 19.4 Å². The van der Waals surface area contributed by atoms with Crippen LogP contribution < -0.4 is 0 Å². The fraction of sp³-hybridized carbons (Fsp3) is 0.182. The van der Waals surface area contributed by atoms with E-state index in [1.54, 1.807) is 6.92 Å². The number of H-pyrrole nitrogens is 1. The number of hydrogen-bond donors (Lipinski definition) is 1. The molecule has 0 aliphatic carbocycles. The highest BCUT2D eigenvalue weighted by Gasteiger charge is 2.22. The molecule has 0 radical (unpaired) electrons. The molecular weight excluding hydrogens is 270 g/mol. The second-order valence-electron chi connectivity index (χ2n) is 3.85. The van der Waals surface area contributed by atoms with Crippen molar-refractivity contribution in [2.45, 2.75) is 6.92 Å². The number of ether oxygens (including phenoxy) is 1. The summed E-state index contributed by atoms with van der Waals surface area (Å²) in [7, 11) is 0. The molecule has 1 heterocycles. The summed E-state index contributed by atoms with van der Waals surface area (Å²) >= 11 is 0. The second-order valence-corrected chi connectivity index (χ2v) is 3.85. The molecule has 0 amide bonds. The number of nitrogens with one attached hydrogen (secondary N) is 1. The number of rotatable bonds is 4. The molecule has 20 heavy (non-hydrogen) atoms. The normalized spacial score (nSPS) is 10.4. The molecule has 0 atom stereocenters. The molecule has 9 heteroatoms. The Bertz CT molecular complexity index is 720. The Labute approximate surface area is 111 Å². The number of nitro groups is 2. The highest BCUT2D eigenvalue weighted by Crippen LogP contribution is 2.31. The molecule has 0 aliphatic heterocycles. The number of nitro benzene ring substituents is 2. The van der Waals surface area contributed by atoms with Crippen LogP contribution >= 0.6 is 0 Å². The molecular formula is C11H9N3O6. The molecule has 1 aromatic carbocycles. The summed E-state index contributed by atoms with van der Waals surface area (Å²) in [6.07, 6.45) is 0. The zero-order valence-corrected chi connectivity index (χ0v) is 10.3. The first kappa shape index (κ1) is 13.5.